The summed E-state index contributed by atoms with van der Waals surface area (Å²) in [5, 5.41) is 3.40. The van der Waals surface area contributed by atoms with Crippen molar-refractivity contribution in [2.24, 2.45) is 0 Å². The first-order valence-corrected chi connectivity index (χ1v) is 5.83. The summed E-state index contributed by atoms with van der Waals surface area (Å²) in [5.41, 5.74) is 4.76. The molecule has 0 aliphatic heterocycles. The van der Waals surface area contributed by atoms with Crippen LogP contribution in [-0.2, 0) is 11.8 Å². The van der Waals surface area contributed by atoms with Crippen molar-refractivity contribution in [3.8, 4) is 0 Å². The normalized spacial score (nSPS) is 20.4. The third-order valence-corrected chi connectivity index (χ3v) is 3.44. The Bertz CT molecular complexity index is 360. The van der Waals surface area contributed by atoms with E-state index >= 15 is 0 Å². The Morgan fingerprint density at radius 3 is 2.60 bits per heavy atom. The standard InChI is InChI=1S/C14H21N/c1-14(2,3)11-7-5-10-6-8-13(15-4)12(10)9-11/h5,7,9,13,15H,6,8H2,1-4H3. The number of hydrogen-bond donors (Lipinski definition) is 1. The first-order chi connectivity index (χ1) is 7.02. The van der Waals surface area contributed by atoms with Crippen molar-refractivity contribution in [1.29, 1.82) is 0 Å². The average Bonchev–Trinajstić information content (AvgIpc) is 2.57. The lowest BCUT2D eigenvalue weighted by Gasteiger charge is -2.21. The van der Waals surface area contributed by atoms with Crippen molar-refractivity contribution in [3.63, 3.8) is 0 Å². The predicted octanol–water partition coefficient (Wildman–Crippen LogP) is 3.19. The van der Waals surface area contributed by atoms with E-state index in [2.05, 4.69) is 51.3 Å². The second-order valence-electron chi connectivity index (χ2n) is 5.54. The van der Waals surface area contributed by atoms with Gasteiger partial charge in [-0.1, -0.05) is 39.0 Å². The van der Waals surface area contributed by atoms with Crippen LogP contribution in [0.25, 0.3) is 0 Å². The van der Waals surface area contributed by atoms with Crippen LogP contribution < -0.4 is 5.32 Å². The summed E-state index contributed by atoms with van der Waals surface area (Å²) in [4.78, 5) is 0. The van der Waals surface area contributed by atoms with Gasteiger partial charge in [-0.25, -0.2) is 0 Å². The van der Waals surface area contributed by atoms with E-state index in [4.69, 9.17) is 0 Å². The first kappa shape index (κ1) is 10.7. The molecule has 1 aromatic rings. The van der Waals surface area contributed by atoms with Crippen molar-refractivity contribution in [1.82, 2.24) is 5.32 Å². The van der Waals surface area contributed by atoms with Crippen LogP contribution in [0.4, 0.5) is 0 Å². The van der Waals surface area contributed by atoms with E-state index in [1.165, 1.54) is 29.5 Å². The molecule has 0 saturated carbocycles. The summed E-state index contributed by atoms with van der Waals surface area (Å²) < 4.78 is 0. The van der Waals surface area contributed by atoms with E-state index in [0.717, 1.165) is 0 Å². The van der Waals surface area contributed by atoms with E-state index in [1.54, 1.807) is 0 Å². The van der Waals surface area contributed by atoms with E-state index in [1.807, 2.05) is 0 Å². The van der Waals surface area contributed by atoms with Crippen molar-refractivity contribution in [2.75, 3.05) is 7.05 Å². The molecule has 1 nitrogen and oxygen atoms in total. The Kier molecular flexibility index (Phi) is 2.59. The maximum atomic E-state index is 3.40. The summed E-state index contributed by atoms with van der Waals surface area (Å²) in [6.45, 7) is 6.83. The monoisotopic (exact) mass is 203 g/mol. The third-order valence-electron chi connectivity index (χ3n) is 3.44. The minimum absolute atomic E-state index is 0.260. The molecule has 0 aromatic heterocycles. The van der Waals surface area contributed by atoms with Crippen molar-refractivity contribution < 1.29 is 0 Å². The van der Waals surface area contributed by atoms with Gasteiger partial charge in [0, 0.05) is 6.04 Å². The predicted molar refractivity (Wildman–Crippen MR) is 65.3 cm³/mol. The largest absolute Gasteiger partial charge is 0.313 e. The number of aryl methyl sites for hydroxylation is 1. The Labute approximate surface area is 92.9 Å². The lowest BCUT2D eigenvalue weighted by molar-refractivity contribution is 0.576. The maximum absolute atomic E-state index is 3.40. The lowest BCUT2D eigenvalue weighted by Crippen LogP contribution is -2.15. The Morgan fingerprint density at radius 1 is 1.27 bits per heavy atom. The highest BCUT2D eigenvalue weighted by Crippen LogP contribution is 2.34. The van der Waals surface area contributed by atoms with Crippen molar-refractivity contribution >= 4 is 0 Å². The lowest BCUT2D eigenvalue weighted by atomic mass is 9.85. The average molecular weight is 203 g/mol. The van der Waals surface area contributed by atoms with Gasteiger partial charge in [-0.05, 0) is 42.0 Å². The molecule has 0 radical (unpaired) electrons. The minimum atomic E-state index is 0.260. The highest BCUT2D eigenvalue weighted by Gasteiger charge is 2.23. The first-order valence-electron chi connectivity index (χ1n) is 5.83. The van der Waals surface area contributed by atoms with Crippen molar-refractivity contribution in [2.45, 2.75) is 45.1 Å². The summed E-state index contributed by atoms with van der Waals surface area (Å²) >= 11 is 0. The maximum Gasteiger partial charge on any atom is 0.0323 e. The molecule has 0 amide bonds. The Hall–Kier alpha value is -0.820. The quantitative estimate of drug-likeness (QED) is 0.739. The Morgan fingerprint density at radius 2 is 2.00 bits per heavy atom. The SMILES string of the molecule is CNC1CCc2ccc(C(C)(C)C)cc21. The molecular weight excluding hydrogens is 182 g/mol. The van der Waals surface area contributed by atoms with Crippen LogP contribution in [0.15, 0.2) is 18.2 Å². The van der Waals surface area contributed by atoms with Gasteiger partial charge in [0.05, 0.1) is 0 Å². The molecule has 0 bridgehead atoms. The molecule has 1 N–H and O–H groups in total. The van der Waals surface area contributed by atoms with Gasteiger partial charge in [-0.2, -0.15) is 0 Å². The molecule has 15 heavy (non-hydrogen) atoms. The molecular formula is C14H21N. The molecule has 2 rings (SSSR count). The fourth-order valence-corrected chi connectivity index (χ4v) is 2.37. The molecule has 82 valence electrons. The van der Waals surface area contributed by atoms with Gasteiger partial charge < -0.3 is 5.32 Å². The molecule has 1 heteroatoms. The molecule has 1 atom stereocenters. The molecule has 0 fully saturated rings. The molecule has 1 unspecified atom stereocenters. The topological polar surface area (TPSA) is 12.0 Å². The fourth-order valence-electron chi connectivity index (χ4n) is 2.37. The number of benzene rings is 1. The van der Waals surface area contributed by atoms with Gasteiger partial charge in [-0.3, -0.25) is 0 Å². The number of hydrogen-bond acceptors (Lipinski definition) is 1. The van der Waals surface area contributed by atoms with Crippen LogP contribution in [0.3, 0.4) is 0 Å². The molecule has 0 spiro atoms. The van der Waals surface area contributed by atoms with E-state index in [0.29, 0.717) is 6.04 Å². The number of nitrogens with one attached hydrogen (secondary N) is 1. The highest BCUT2D eigenvalue weighted by atomic mass is 14.9. The smallest absolute Gasteiger partial charge is 0.0323 e. The van der Waals surface area contributed by atoms with Crippen LogP contribution in [0.1, 0.15) is 49.9 Å². The number of rotatable bonds is 1. The molecule has 1 aliphatic carbocycles. The zero-order valence-electron chi connectivity index (χ0n) is 10.2. The van der Waals surface area contributed by atoms with Gasteiger partial charge in [0.1, 0.15) is 0 Å². The van der Waals surface area contributed by atoms with E-state index in [9.17, 15) is 0 Å². The summed E-state index contributed by atoms with van der Waals surface area (Å²) in [7, 11) is 2.06. The molecule has 1 aromatic carbocycles. The molecule has 1 aliphatic rings. The number of fused-ring (bicyclic) bond motifs is 1. The summed E-state index contributed by atoms with van der Waals surface area (Å²) in [5.74, 6) is 0. The van der Waals surface area contributed by atoms with Gasteiger partial charge in [0.25, 0.3) is 0 Å². The second-order valence-corrected chi connectivity index (χ2v) is 5.54. The highest BCUT2D eigenvalue weighted by molar-refractivity contribution is 5.40. The minimum Gasteiger partial charge on any atom is -0.313 e. The summed E-state index contributed by atoms with van der Waals surface area (Å²) in [6, 6.07) is 7.57. The van der Waals surface area contributed by atoms with Crippen LogP contribution in [0, 0.1) is 0 Å². The van der Waals surface area contributed by atoms with Crippen LogP contribution in [-0.4, -0.2) is 7.05 Å². The van der Waals surface area contributed by atoms with Gasteiger partial charge in [0.15, 0.2) is 0 Å². The van der Waals surface area contributed by atoms with E-state index < -0.39 is 0 Å². The van der Waals surface area contributed by atoms with Crippen LogP contribution in [0.2, 0.25) is 0 Å². The molecule has 0 saturated heterocycles. The van der Waals surface area contributed by atoms with Crippen LogP contribution in [0.5, 0.6) is 0 Å². The van der Waals surface area contributed by atoms with Gasteiger partial charge >= 0.3 is 0 Å². The fraction of sp³-hybridized carbons (Fsp3) is 0.571. The van der Waals surface area contributed by atoms with Crippen molar-refractivity contribution in [3.05, 3.63) is 34.9 Å². The van der Waals surface area contributed by atoms with Gasteiger partial charge in [-0.15, -0.1) is 0 Å². The zero-order valence-corrected chi connectivity index (χ0v) is 10.2. The Balaban J connectivity index is 2.41. The van der Waals surface area contributed by atoms with E-state index in [-0.39, 0.29) is 5.41 Å². The van der Waals surface area contributed by atoms with Crippen LogP contribution >= 0.6 is 0 Å². The molecule has 0 heterocycles. The zero-order chi connectivity index (χ0) is 11.1. The third kappa shape index (κ3) is 1.93. The summed E-state index contributed by atoms with van der Waals surface area (Å²) in [6.07, 6.45) is 2.48. The second kappa shape index (κ2) is 3.64. The van der Waals surface area contributed by atoms with Gasteiger partial charge in [0.2, 0.25) is 0 Å².